The van der Waals surface area contributed by atoms with Gasteiger partial charge >= 0.3 is 5.96 Å². The van der Waals surface area contributed by atoms with Crippen LogP contribution in [0.5, 0.6) is 0 Å². The Morgan fingerprint density at radius 1 is 0.773 bits per heavy atom. The van der Waals surface area contributed by atoms with Crippen molar-refractivity contribution in [1.29, 1.82) is 0 Å². The van der Waals surface area contributed by atoms with Gasteiger partial charge < -0.3 is 0 Å². The van der Waals surface area contributed by atoms with Crippen molar-refractivity contribution in [2.75, 3.05) is 13.1 Å². The zero-order chi connectivity index (χ0) is 16.1. The summed E-state index contributed by atoms with van der Waals surface area (Å²) in [5.41, 5.74) is 0.0988. The molecule has 3 nitrogen and oxygen atoms in total. The molecule has 0 atom stereocenters. The van der Waals surface area contributed by atoms with Gasteiger partial charge in [-0.25, -0.2) is 0 Å². The molecule has 0 aromatic rings. The summed E-state index contributed by atoms with van der Waals surface area (Å²) in [7, 11) is 0. The Hall–Kier alpha value is -1.77. The van der Waals surface area contributed by atoms with Crippen LogP contribution in [0.4, 0.5) is 0 Å². The van der Waals surface area contributed by atoms with E-state index >= 15 is 0 Å². The van der Waals surface area contributed by atoms with Gasteiger partial charge in [-0.2, -0.15) is 0 Å². The Bertz CT molecular complexity index is 425. The van der Waals surface area contributed by atoms with Gasteiger partial charge in [0.1, 0.15) is 0 Å². The summed E-state index contributed by atoms with van der Waals surface area (Å²) < 4.78 is 2.43. The van der Waals surface area contributed by atoms with Crippen LogP contribution in [0.3, 0.4) is 0 Å². The first kappa shape index (κ1) is 16.6. The molecule has 120 valence electrons. The molecule has 0 saturated carbocycles. The molecule has 0 bridgehead atoms. The predicted octanol–water partition coefficient (Wildman–Crippen LogP) is 3.12. The molecule has 0 radical (unpaired) electrons. The molecular weight excluding hydrogens is 270 g/mol. The quantitative estimate of drug-likeness (QED) is 0.532. The van der Waals surface area contributed by atoms with Crippen LogP contribution >= 0.6 is 0 Å². The second kappa shape index (κ2) is 6.99. The van der Waals surface area contributed by atoms with Gasteiger partial charge in [-0.05, 0) is 0 Å². The lowest BCUT2D eigenvalue weighted by Crippen LogP contribution is -2.67. The van der Waals surface area contributed by atoms with Crippen LogP contribution in [0, 0.1) is 0 Å². The van der Waals surface area contributed by atoms with Gasteiger partial charge in [0.25, 0.3) is 0 Å². The lowest BCUT2D eigenvalue weighted by atomic mass is 9.83. The van der Waals surface area contributed by atoms with Crippen molar-refractivity contribution in [3.05, 3.63) is 50.6 Å². The Morgan fingerprint density at radius 3 is 1.45 bits per heavy atom. The molecule has 0 saturated heterocycles. The van der Waals surface area contributed by atoms with Gasteiger partial charge in [0.15, 0.2) is 0 Å². The van der Waals surface area contributed by atoms with Crippen molar-refractivity contribution >= 4 is 5.96 Å². The first-order valence-electron chi connectivity index (χ1n) is 8.24. The fourth-order valence-corrected chi connectivity index (χ4v) is 3.73. The Morgan fingerprint density at radius 2 is 1.14 bits per heavy atom. The summed E-state index contributed by atoms with van der Waals surface area (Å²) in [5, 5.41) is 7.53. The summed E-state index contributed by atoms with van der Waals surface area (Å²) in [6.45, 7) is 17.9. The number of hydrogen-bond acceptors (Lipinski definition) is 2. The van der Waals surface area contributed by atoms with Gasteiger partial charge in [0, 0.05) is 38.5 Å². The van der Waals surface area contributed by atoms with E-state index in [4.69, 9.17) is 0 Å². The maximum Gasteiger partial charge on any atom is 0.346 e. The van der Waals surface area contributed by atoms with Crippen molar-refractivity contribution in [2.24, 2.45) is 0 Å². The fraction of sp³-hybridized carbons (Fsp3) is 0.526. The molecule has 0 aliphatic carbocycles. The van der Waals surface area contributed by atoms with Crippen LogP contribution in [0.15, 0.2) is 50.6 Å². The van der Waals surface area contributed by atoms with E-state index in [0.29, 0.717) is 0 Å². The standard InChI is InChI=1S/C19H29N3/c1-5-9-18(10-6-2)13-15-22-16-14-19(11-7-3,12-8-4)21-17(22)20-18/h5-8H,1-4,9-16H2,(H,20,21)/p+1. The van der Waals surface area contributed by atoms with Crippen molar-refractivity contribution in [2.45, 2.75) is 49.6 Å². The lowest BCUT2D eigenvalue weighted by Gasteiger charge is -2.42. The predicted molar refractivity (Wildman–Crippen MR) is 95.2 cm³/mol. The molecule has 0 aromatic heterocycles. The molecule has 0 fully saturated rings. The van der Waals surface area contributed by atoms with Crippen LogP contribution in [0.1, 0.15) is 38.5 Å². The highest BCUT2D eigenvalue weighted by molar-refractivity contribution is 5.77. The van der Waals surface area contributed by atoms with E-state index < -0.39 is 0 Å². The van der Waals surface area contributed by atoms with Crippen LogP contribution in [0.2, 0.25) is 0 Å². The average molecular weight is 300 g/mol. The third kappa shape index (κ3) is 3.34. The SMILES string of the molecule is C=CCC1(CC=C)CC[N+]2=C(N1)NC(CC=C)(CC=C)CC2. The second-order valence-corrected chi connectivity index (χ2v) is 6.62. The Labute approximate surface area is 135 Å². The number of hydrogen-bond donors (Lipinski definition) is 2. The molecule has 0 unspecified atom stereocenters. The average Bonchev–Trinajstić information content (AvgIpc) is 2.48. The highest BCUT2D eigenvalue weighted by Gasteiger charge is 2.44. The van der Waals surface area contributed by atoms with E-state index in [-0.39, 0.29) is 11.1 Å². The summed E-state index contributed by atoms with van der Waals surface area (Å²) in [6.07, 6.45) is 14.1. The third-order valence-corrected chi connectivity index (χ3v) is 4.94. The van der Waals surface area contributed by atoms with E-state index in [0.717, 1.165) is 57.6 Å². The summed E-state index contributed by atoms with van der Waals surface area (Å²) in [5.74, 6) is 1.16. The molecule has 0 aromatic carbocycles. The van der Waals surface area contributed by atoms with E-state index in [1.807, 2.05) is 24.3 Å². The van der Waals surface area contributed by atoms with Gasteiger partial charge in [0.2, 0.25) is 0 Å². The van der Waals surface area contributed by atoms with Crippen molar-refractivity contribution < 1.29 is 4.58 Å². The largest absolute Gasteiger partial charge is 0.346 e. The Kier molecular flexibility index (Phi) is 5.28. The molecule has 22 heavy (non-hydrogen) atoms. The van der Waals surface area contributed by atoms with Gasteiger partial charge in [-0.1, -0.05) is 24.3 Å². The van der Waals surface area contributed by atoms with Crippen LogP contribution in [-0.4, -0.2) is 34.7 Å². The minimum absolute atomic E-state index is 0.0494. The molecule has 2 heterocycles. The van der Waals surface area contributed by atoms with E-state index in [1.165, 1.54) is 0 Å². The van der Waals surface area contributed by atoms with E-state index in [1.54, 1.807) is 0 Å². The maximum atomic E-state index is 3.93. The lowest BCUT2D eigenvalue weighted by molar-refractivity contribution is -0.546. The van der Waals surface area contributed by atoms with Gasteiger partial charge in [-0.15, -0.1) is 26.3 Å². The first-order chi connectivity index (χ1) is 10.6. The molecule has 3 heteroatoms. The van der Waals surface area contributed by atoms with E-state index in [2.05, 4.69) is 41.5 Å². The molecular formula is C19H30N3+. The number of rotatable bonds is 8. The maximum absolute atomic E-state index is 3.93. The van der Waals surface area contributed by atoms with Crippen molar-refractivity contribution in [3.63, 3.8) is 0 Å². The molecule has 2 rings (SSSR count). The zero-order valence-corrected chi connectivity index (χ0v) is 13.7. The smallest absolute Gasteiger partial charge is 0.272 e. The minimum atomic E-state index is 0.0494. The van der Waals surface area contributed by atoms with Crippen LogP contribution in [-0.2, 0) is 0 Å². The van der Waals surface area contributed by atoms with Crippen LogP contribution in [0.25, 0.3) is 0 Å². The molecule has 2 aliphatic rings. The van der Waals surface area contributed by atoms with Crippen molar-refractivity contribution in [1.82, 2.24) is 10.6 Å². The number of guanidine groups is 1. The second-order valence-electron chi connectivity index (χ2n) is 6.62. The third-order valence-electron chi connectivity index (χ3n) is 4.94. The molecule has 0 spiro atoms. The van der Waals surface area contributed by atoms with Gasteiger partial charge in [0.05, 0.1) is 24.2 Å². The fourth-order valence-electron chi connectivity index (χ4n) is 3.73. The minimum Gasteiger partial charge on any atom is -0.272 e. The Balaban J connectivity index is 2.23. The molecule has 2 aliphatic heterocycles. The monoisotopic (exact) mass is 300 g/mol. The summed E-state index contributed by atoms with van der Waals surface area (Å²) in [6, 6.07) is 0. The van der Waals surface area contributed by atoms with Crippen molar-refractivity contribution in [3.8, 4) is 0 Å². The number of nitrogens with zero attached hydrogens (tertiary/aromatic N) is 1. The summed E-state index contributed by atoms with van der Waals surface area (Å²) >= 11 is 0. The number of nitrogens with one attached hydrogen (secondary N) is 2. The highest BCUT2D eigenvalue weighted by atomic mass is 15.3. The normalized spacial score (nSPS) is 21.8. The highest BCUT2D eigenvalue weighted by Crippen LogP contribution is 2.29. The van der Waals surface area contributed by atoms with E-state index in [9.17, 15) is 0 Å². The van der Waals surface area contributed by atoms with Gasteiger partial charge in [-0.3, -0.25) is 15.2 Å². The summed E-state index contributed by atoms with van der Waals surface area (Å²) in [4.78, 5) is 0. The van der Waals surface area contributed by atoms with Crippen LogP contribution < -0.4 is 10.6 Å². The topological polar surface area (TPSA) is 27.1 Å². The molecule has 0 amide bonds. The molecule has 2 N–H and O–H groups in total. The zero-order valence-electron chi connectivity index (χ0n) is 13.7. The first-order valence-corrected chi connectivity index (χ1v) is 8.24.